The van der Waals surface area contributed by atoms with Crippen LogP contribution in [0.5, 0.6) is 0 Å². The van der Waals surface area contributed by atoms with Gasteiger partial charge in [-0.3, -0.25) is 9.80 Å². The minimum absolute atomic E-state index is 0.0801. The first-order valence-electron chi connectivity index (χ1n) is 7.76. The smallest absolute Gasteiger partial charge is 0.0940 e. The number of nitrogens with zero attached hydrogens (tertiary/aromatic N) is 2. The molecule has 0 aromatic rings. The molecular weight excluding hydrogens is 256 g/mol. The highest BCUT2D eigenvalue weighted by atomic mass is 16.5. The Kier molecular flexibility index (Phi) is 5.42. The van der Waals surface area contributed by atoms with Crippen molar-refractivity contribution in [2.75, 3.05) is 45.9 Å². The summed E-state index contributed by atoms with van der Waals surface area (Å²) in [5.74, 6) is 0. The van der Waals surface area contributed by atoms with Crippen LogP contribution < -0.4 is 0 Å². The van der Waals surface area contributed by atoms with Crippen LogP contribution in [0.15, 0.2) is 0 Å². The molecule has 2 saturated heterocycles. The minimum atomic E-state index is -0.196. The molecule has 2 aliphatic rings. The fourth-order valence-corrected chi connectivity index (χ4v) is 3.26. The van der Waals surface area contributed by atoms with Gasteiger partial charge in [-0.25, -0.2) is 0 Å². The van der Waals surface area contributed by atoms with Gasteiger partial charge in [0.05, 0.1) is 31.0 Å². The number of hydrogen-bond donors (Lipinski definition) is 1. The average molecular weight is 286 g/mol. The summed E-state index contributed by atoms with van der Waals surface area (Å²) in [5, 5.41) is 9.37. The van der Waals surface area contributed by atoms with Gasteiger partial charge in [-0.05, 0) is 27.7 Å². The van der Waals surface area contributed by atoms with Crippen LogP contribution in [0.1, 0.15) is 27.7 Å². The van der Waals surface area contributed by atoms with Crippen molar-refractivity contribution in [3.63, 3.8) is 0 Å². The number of hydrogen-bond acceptors (Lipinski definition) is 5. The molecule has 2 fully saturated rings. The van der Waals surface area contributed by atoms with Crippen molar-refractivity contribution in [3.8, 4) is 0 Å². The van der Waals surface area contributed by atoms with E-state index < -0.39 is 0 Å². The number of aliphatic hydroxyl groups is 1. The zero-order valence-corrected chi connectivity index (χ0v) is 13.3. The van der Waals surface area contributed by atoms with Gasteiger partial charge < -0.3 is 14.6 Å². The Bertz CT molecular complexity index is 309. The largest absolute Gasteiger partial charge is 0.394 e. The lowest BCUT2D eigenvalue weighted by Gasteiger charge is -2.44. The predicted molar refractivity (Wildman–Crippen MR) is 78.9 cm³/mol. The van der Waals surface area contributed by atoms with Crippen LogP contribution in [-0.2, 0) is 9.47 Å². The summed E-state index contributed by atoms with van der Waals surface area (Å²) >= 11 is 0. The van der Waals surface area contributed by atoms with Crippen LogP contribution in [0.2, 0.25) is 0 Å². The summed E-state index contributed by atoms with van der Waals surface area (Å²) < 4.78 is 11.8. The second-order valence-corrected chi connectivity index (χ2v) is 6.96. The normalized spacial score (nSPS) is 32.7. The van der Waals surface area contributed by atoms with Crippen molar-refractivity contribution in [1.29, 1.82) is 0 Å². The Morgan fingerprint density at radius 2 is 2.00 bits per heavy atom. The maximum Gasteiger partial charge on any atom is 0.0940 e. The number of rotatable bonds is 4. The molecule has 0 radical (unpaired) electrons. The van der Waals surface area contributed by atoms with E-state index >= 15 is 0 Å². The van der Waals surface area contributed by atoms with Crippen molar-refractivity contribution in [1.82, 2.24) is 9.80 Å². The van der Waals surface area contributed by atoms with Gasteiger partial charge in [0.2, 0.25) is 0 Å². The van der Waals surface area contributed by atoms with Crippen LogP contribution in [0.4, 0.5) is 0 Å². The molecule has 0 bridgehead atoms. The van der Waals surface area contributed by atoms with E-state index in [2.05, 4.69) is 37.5 Å². The Morgan fingerprint density at radius 3 is 2.65 bits per heavy atom. The van der Waals surface area contributed by atoms with Crippen LogP contribution in [0, 0.1) is 0 Å². The van der Waals surface area contributed by atoms with Gasteiger partial charge in [-0.15, -0.1) is 0 Å². The second kappa shape index (κ2) is 6.71. The molecule has 118 valence electrons. The Balaban J connectivity index is 1.88. The Morgan fingerprint density at radius 1 is 1.25 bits per heavy atom. The van der Waals surface area contributed by atoms with Crippen LogP contribution >= 0.6 is 0 Å². The summed E-state index contributed by atoms with van der Waals surface area (Å²) in [6, 6.07) is 0.577. The van der Waals surface area contributed by atoms with Gasteiger partial charge in [0.25, 0.3) is 0 Å². The molecule has 0 aromatic carbocycles. The third-order valence-corrected chi connectivity index (χ3v) is 4.12. The predicted octanol–water partition coefficient (Wildman–Crippen LogP) is 0.567. The third kappa shape index (κ3) is 4.40. The lowest BCUT2D eigenvalue weighted by Crippen LogP contribution is -2.57. The van der Waals surface area contributed by atoms with Crippen molar-refractivity contribution in [2.24, 2.45) is 0 Å². The first-order valence-corrected chi connectivity index (χ1v) is 7.76. The summed E-state index contributed by atoms with van der Waals surface area (Å²) in [6.07, 6.45) is 0.183. The van der Waals surface area contributed by atoms with Crippen LogP contribution in [0.3, 0.4) is 0 Å². The lowest BCUT2D eigenvalue weighted by molar-refractivity contribution is -0.158. The van der Waals surface area contributed by atoms with E-state index in [0.717, 1.165) is 39.3 Å². The first kappa shape index (κ1) is 16.2. The molecular formula is C15H30N2O3. The van der Waals surface area contributed by atoms with E-state index in [1.807, 2.05) is 0 Å². The van der Waals surface area contributed by atoms with Crippen molar-refractivity contribution in [3.05, 3.63) is 0 Å². The molecule has 2 atom stereocenters. The molecule has 0 aliphatic carbocycles. The molecule has 20 heavy (non-hydrogen) atoms. The third-order valence-electron chi connectivity index (χ3n) is 4.12. The maximum atomic E-state index is 9.37. The minimum Gasteiger partial charge on any atom is -0.394 e. The molecule has 0 spiro atoms. The van der Waals surface area contributed by atoms with Crippen LogP contribution in [-0.4, -0.2) is 84.7 Å². The van der Waals surface area contributed by atoms with Gasteiger partial charge in [0, 0.05) is 38.8 Å². The van der Waals surface area contributed by atoms with Gasteiger partial charge in [-0.2, -0.15) is 0 Å². The fraction of sp³-hybridized carbons (Fsp3) is 1.00. The molecule has 5 heteroatoms. The fourth-order valence-electron chi connectivity index (χ4n) is 3.26. The van der Waals surface area contributed by atoms with E-state index in [0.29, 0.717) is 6.04 Å². The average Bonchev–Trinajstić information content (AvgIpc) is 2.37. The molecule has 5 nitrogen and oxygen atoms in total. The van der Waals surface area contributed by atoms with Gasteiger partial charge >= 0.3 is 0 Å². The standard InChI is InChI=1S/C15H30N2O3/c1-12(2)17-5-6-19-13(9-17)7-16-8-14(10-18)20-15(3,4)11-16/h12-14,18H,5-11H2,1-4H3. The highest BCUT2D eigenvalue weighted by Gasteiger charge is 2.34. The van der Waals surface area contributed by atoms with Crippen molar-refractivity contribution in [2.45, 2.75) is 51.5 Å². The summed E-state index contributed by atoms with van der Waals surface area (Å²) in [6.45, 7) is 14.2. The summed E-state index contributed by atoms with van der Waals surface area (Å²) in [4.78, 5) is 4.85. The van der Waals surface area contributed by atoms with Crippen LogP contribution in [0.25, 0.3) is 0 Å². The first-order chi connectivity index (χ1) is 9.39. The van der Waals surface area contributed by atoms with E-state index in [-0.39, 0.29) is 24.4 Å². The molecule has 2 aliphatic heterocycles. The molecule has 2 unspecified atom stereocenters. The quantitative estimate of drug-likeness (QED) is 0.818. The number of aliphatic hydroxyl groups excluding tert-OH is 1. The molecule has 0 amide bonds. The molecule has 2 rings (SSSR count). The molecule has 0 saturated carbocycles. The van der Waals surface area contributed by atoms with E-state index in [1.165, 1.54) is 0 Å². The highest BCUT2D eigenvalue weighted by Crippen LogP contribution is 2.22. The zero-order chi connectivity index (χ0) is 14.8. The van der Waals surface area contributed by atoms with Crippen molar-refractivity contribution >= 4 is 0 Å². The van der Waals surface area contributed by atoms with Gasteiger partial charge in [0.1, 0.15) is 0 Å². The monoisotopic (exact) mass is 286 g/mol. The summed E-state index contributed by atoms with van der Waals surface area (Å²) in [5.41, 5.74) is -0.196. The topological polar surface area (TPSA) is 45.2 Å². The van der Waals surface area contributed by atoms with Gasteiger partial charge in [0.15, 0.2) is 0 Å². The zero-order valence-electron chi connectivity index (χ0n) is 13.3. The number of morpholine rings is 2. The molecule has 0 aromatic heterocycles. The van der Waals surface area contributed by atoms with Crippen molar-refractivity contribution < 1.29 is 14.6 Å². The second-order valence-electron chi connectivity index (χ2n) is 6.96. The van der Waals surface area contributed by atoms with E-state index in [4.69, 9.17) is 9.47 Å². The van der Waals surface area contributed by atoms with Gasteiger partial charge in [-0.1, -0.05) is 0 Å². The van der Waals surface area contributed by atoms with E-state index in [1.54, 1.807) is 0 Å². The lowest BCUT2D eigenvalue weighted by atomic mass is 10.0. The Labute approximate surface area is 122 Å². The molecule has 2 heterocycles. The van der Waals surface area contributed by atoms with E-state index in [9.17, 15) is 5.11 Å². The maximum absolute atomic E-state index is 9.37. The summed E-state index contributed by atoms with van der Waals surface area (Å²) in [7, 11) is 0. The Hall–Kier alpha value is -0.200. The number of ether oxygens (including phenoxy) is 2. The molecule has 1 N–H and O–H groups in total. The highest BCUT2D eigenvalue weighted by molar-refractivity contribution is 4.86. The SMILES string of the molecule is CC(C)N1CCOC(CN2CC(CO)OC(C)(C)C2)C1.